The van der Waals surface area contributed by atoms with Crippen molar-refractivity contribution < 1.29 is 22.7 Å². The summed E-state index contributed by atoms with van der Waals surface area (Å²) in [4.78, 5) is 20.9. The van der Waals surface area contributed by atoms with Gasteiger partial charge in [-0.05, 0) is 55.0 Å². The third-order valence-electron chi connectivity index (χ3n) is 6.24. The molecule has 1 saturated heterocycles. The molecule has 178 valence electrons. The predicted octanol–water partition coefficient (Wildman–Crippen LogP) is 3.89. The van der Waals surface area contributed by atoms with Crippen LogP contribution in [0.3, 0.4) is 0 Å². The van der Waals surface area contributed by atoms with Gasteiger partial charge in [-0.15, -0.1) is 0 Å². The number of methoxy groups -OCH3 is 1. The number of hydrogen-bond donors (Lipinski definition) is 1. The van der Waals surface area contributed by atoms with Crippen LogP contribution in [0, 0.1) is 5.92 Å². The van der Waals surface area contributed by atoms with Crippen LogP contribution in [0.4, 0.5) is 19.0 Å². The molecule has 1 amide bonds. The van der Waals surface area contributed by atoms with Gasteiger partial charge in [-0.3, -0.25) is 9.69 Å². The standard InChI is InChI=1S/C24H29F3N4O2/c1-33-20-8-5-18(6-9-20)23(17-3-4-17)29-22(32)16-30-11-2-12-31(14-13-30)21-10-7-19(15-28-21)24(25,26)27/h5-10,15,17,23H,2-4,11-14,16H2,1H3,(H,29,32). The van der Waals surface area contributed by atoms with Crippen molar-refractivity contribution in [2.75, 3.05) is 44.7 Å². The maximum atomic E-state index is 12.8. The SMILES string of the molecule is COc1ccc(C(NC(=O)CN2CCCN(c3ccc(C(F)(F)F)cn3)CC2)C2CC2)cc1. The van der Waals surface area contributed by atoms with Gasteiger partial charge in [0.1, 0.15) is 11.6 Å². The molecule has 1 saturated carbocycles. The van der Waals surface area contributed by atoms with E-state index in [2.05, 4.69) is 15.2 Å². The Morgan fingerprint density at radius 3 is 2.48 bits per heavy atom. The van der Waals surface area contributed by atoms with Crippen molar-refractivity contribution in [2.45, 2.75) is 31.5 Å². The van der Waals surface area contributed by atoms with Crippen LogP contribution in [0.1, 0.15) is 36.4 Å². The number of aromatic nitrogens is 1. The molecule has 2 aromatic rings. The number of amides is 1. The van der Waals surface area contributed by atoms with Crippen molar-refractivity contribution in [1.29, 1.82) is 0 Å². The first-order valence-electron chi connectivity index (χ1n) is 11.3. The van der Waals surface area contributed by atoms with Gasteiger partial charge in [-0.25, -0.2) is 4.98 Å². The minimum absolute atomic E-state index is 0.00299. The summed E-state index contributed by atoms with van der Waals surface area (Å²) in [5.74, 6) is 1.77. The number of benzene rings is 1. The van der Waals surface area contributed by atoms with Crippen LogP contribution >= 0.6 is 0 Å². The van der Waals surface area contributed by atoms with Gasteiger partial charge in [0.15, 0.2) is 0 Å². The average Bonchev–Trinajstić information content (AvgIpc) is 3.65. The smallest absolute Gasteiger partial charge is 0.417 e. The summed E-state index contributed by atoms with van der Waals surface area (Å²) in [6, 6.07) is 10.3. The Hall–Kier alpha value is -2.81. The molecule has 1 atom stereocenters. The fraction of sp³-hybridized carbons (Fsp3) is 0.500. The van der Waals surface area contributed by atoms with E-state index in [9.17, 15) is 18.0 Å². The number of rotatable bonds is 7. The van der Waals surface area contributed by atoms with Crippen molar-refractivity contribution in [1.82, 2.24) is 15.2 Å². The Kier molecular flexibility index (Phi) is 7.07. The minimum atomic E-state index is -4.39. The van der Waals surface area contributed by atoms with Gasteiger partial charge >= 0.3 is 6.18 Å². The molecule has 4 rings (SSSR count). The Labute approximate surface area is 191 Å². The number of ether oxygens (including phenoxy) is 1. The largest absolute Gasteiger partial charge is 0.497 e. The zero-order valence-corrected chi connectivity index (χ0v) is 18.6. The Morgan fingerprint density at radius 2 is 1.88 bits per heavy atom. The quantitative estimate of drug-likeness (QED) is 0.677. The summed E-state index contributed by atoms with van der Waals surface area (Å²) < 4.78 is 43.6. The number of halogens is 3. The molecular formula is C24H29F3N4O2. The summed E-state index contributed by atoms with van der Waals surface area (Å²) in [7, 11) is 1.63. The van der Waals surface area contributed by atoms with Crippen LogP contribution in [-0.2, 0) is 11.0 Å². The van der Waals surface area contributed by atoms with Crippen LogP contribution in [0.2, 0.25) is 0 Å². The summed E-state index contributed by atoms with van der Waals surface area (Å²) in [5, 5.41) is 3.21. The number of carbonyl (C=O) groups excluding carboxylic acids is 1. The highest BCUT2D eigenvalue weighted by atomic mass is 19.4. The molecule has 0 bridgehead atoms. The number of pyridine rings is 1. The van der Waals surface area contributed by atoms with Crippen LogP contribution < -0.4 is 15.0 Å². The molecule has 1 aliphatic heterocycles. The molecular weight excluding hydrogens is 433 g/mol. The van der Waals surface area contributed by atoms with Gasteiger partial charge in [0.2, 0.25) is 5.91 Å². The Bertz CT molecular complexity index is 930. The molecule has 2 heterocycles. The second kappa shape index (κ2) is 9.99. The van der Waals surface area contributed by atoms with E-state index in [4.69, 9.17) is 4.74 Å². The zero-order chi connectivity index (χ0) is 23.4. The summed E-state index contributed by atoms with van der Waals surface area (Å²) in [5.41, 5.74) is 0.337. The highest BCUT2D eigenvalue weighted by Crippen LogP contribution is 2.41. The summed E-state index contributed by atoms with van der Waals surface area (Å²) >= 11 is 0. The summed E-state index contributed by atoms with van der Waals surface area (Å²) in [6.07, 6.45) is -0.493. The van der Waals surface area contributed by atoms with Crippen molar-refractivity contribution in [3.05, 3.63) is 53.7 Å². The fourth-order valence-electron chi connectivity index (χ4n) is 4.24. The molecule has 1 aromatic carbocycles. The molecule has 0 spiro atoms. The number of hydrogen-bond acceptors (Lipinski definition) is 5. The Balaban J connectivity index is 1.31. The molecule has 9 heteroatoms. The molecule has 1 aromatic heterocycles. The molecule has 1 N–H and O–H groups in total. The van der Waals surface area contributed by atoms with Crippen LogP contribution in [0.25, 0.3) is 0 Å². The average molecular weight is 463 g/mol. The first kappa shape index (κ1) is 23.4. The molecule has 1 unspecified atom stereocenters. The monoisotopic (exact) mass is 462 g/mol. The molecule has 6 nitrogen and oxygen atoms in total. The molecule has 2 fully saturated rings. The lowest BCUT2D eigenvalue weighted by Gasteiger charge is -2.24. The lowest BCUT2D eigenvalue weighted by Crippen LogP contribution is -2.41. The van der Waals surface area contributed by atoms with Gasteiger partial charge in [-0.1, -0.05) is 12.1 Å². The van der Waals surface area contributed by atoms with Gasteiger partial charge in [0.05, 0.1) is 25.3 Å². The fourth-order valence-corrected chi connectivity index (χ4v) is 4.24. The van der Waals surface area contributed by atoms with Gasteiger partial charge in [-0.2, -0.15) is 13.2 Å². The molecule has 33 heavy (non-hydrogen) atoms. The maximum absolute atomic E-state index is 12.8. The molecule has 1 aliphatic carbocycles. The highest BCUT2D eigenvalue weighted by molar-refractivity contribution is 5.78. The van der Waals surface area contributed by atoms with E-state index in [1.54, 1.807) is 7.11 Å². The lowest BCUT2D eigenvalue weighted by atomic mass is 10.0. The van der Waals surface area contributed by atoms with Crippen LogP contribution in [0.15, 0.2) is 42.6 Å². The van der Waals surface area contributed by atoms with E-state index in [1.165, 1.54) is 6.07 Å². The van der Waals surface area contributed by atoms with E-state index in [-0.39, 0.29) is 11.9 Å². The third-order valence-corrected chi connectivity index (χ3v) is 6.24. The highest BCUT2D eigenvalue weighted by Gasteiger charge is 2.34. The second-order valence-electron chi connectivity index (χ2n) is 8.68. The van der Waals surface area contributed by atoms with Gasteiger partial charge in [0, 0.05) is 32.4 Å². The number of nitrogens with one attached hydrogen (secondary N) is 1. The van der Waals surface area contributed by atoms with E-state index < -0.39 is 11.7 Å². The third kappa shape index (κ3) is 6.16. The summed E-state index contributed by atoms with van der Waals surface area (Å²) in [6.45, 7) is 2.99. The van der Waals surface area contributed by atoms with Crippen molar-refractivity contribution in [2.24, 2.45) is 5.92 Å². The minimum Gasteiger partial charge on any atom is -0.497 e. The van der Waals surface area contributed by atoms with Crippen molar-refractivity contribution in [3.63, 3.8) is 0 Å². The topological polar surface area (TPSA) is 57.7 Å². The van der Waals surface area contributed by atoms with Crippen LogP contribution in [0.5, 0.6) is 5.75 Å². The first-order valence-corrected chi connectivity index (χ1v) is 11.3. The van der Waals surface area contributed by atoms with E-state index >= 15 is 0 Å². The van der Waals surface area contributed by atoms with E-state index in [0.29, 0.717) is 37.9 Å². The number of anilines is 1. The van der Waals surface area contributed by atoms with Crippen molar-refractivity contribution >= 4 is 11.7 Å². The zero-order valence-electron chi connectivity index (χ0n) is 18.6. The number of alkyl halides is 3. The number of carbonyl (C=O) groups is 1. The Morgan fingerprint density at radius 1 is 1.12 bits per heavy atom. The predicted molar refractivity (Wildman–Crippen MR) is 119 cm³/mol. The lowest BCUT2D eigenvalue weighted by molar-refractivity contribution is -0.137. The van der Waals surface area contributed by atoms with Gasteiger partial charge in [0.25, 0.3) is 0 Å². The molecule has 0 radical (unpaired) electrons. The maximum Gasteiger partial charge on any atom is 0.417 e. The van der Waals surface area contributed by atoms with E-state index in [0.717, 1.165) is 49.4 Å². The van der Waals surface area contributed by atoms with Crippen LogP contribution in [-0.4, -0.2) is 55.6 Å². The first-order chi connectivity index (χ1) is 15.8. The normalized spacial score (nSPS) is 18.5. The molecule has 2 aliphatic rings. The number of nitrogens with zero attached hydrogens (tertiary/aromatic N) is 3. The van der Waals surface area contributed by atoms with E-state index in [1.807, 2.05) is 29.2 Å². The van der Waals surface area contributed by atoms with Crippen molar-refractivity contribution in [3.8, 4) is 5.75 Å². The van der Waals surface area contributed by atoms with Gasteiger partial charge < -0.3 is 15.0 Å². The second-order valence-corrected chi connectivity index (χ2v) is 8.68.